The molecule has 0 spiro atoms. The first-order valence-electron chi connectivity index (χ1n) is 6.15. The quantitative estimate of drug-likeness (QED) is 0.542. The Labute approximate surface area is 101 Å². The molecule has 1 heterocycles. The number of esters is 2. The number of hydrogen-bond donors (Lipinski definition) is 0. The van der Waals surface area contributed by atoms with Gasteiger partial charge in [-0.2, -0.15) is 0 Å². The monoisotopic (exact) mass is 238 g/mol. The lowest BCUT2D eigenvalue weighted by Crippen LogP contribution is -2.43. The topological polar surface area (TPSA) is 52.6 Å². The number of ether oxygens (including phenoxy) is 2. The fourth-order valence-corrected chi connectivity index (χ4v) is 2.79. The summed E-state index contributed by atoms with van der Waals surface area (Å²) in [4.78, 5) is 23.7. The van der Waals surface area contributed by atoms with Gasteiger partial charge in [0.05, 0.1) is 25.0 Å². The molecule has 0 unspecified atom stereocenters. The van der Waals surface area contributed by atoms with E-state index in [0.717, 1.165) is 6.42 Å². The Bertz CT molecular complexity index is 358. The minimum Gasteiger partial charge on any atom is -0.466 e. The third kappa shape index (κ3) is 2.21. The zero-order chi connectivity index (χ0) is 12.4. The summed E-state index contributed by atoms with van der Waals surface area (Å²) in [5, 5.41) is 0. The Morgan fingerprint density at radius 3 is 3.06 bits per heavy atom. The molecule has 0 saturated carbocycles. The van der Waals surface area contributed by atoms with Crippen molar-refractivity contribution in [3.05, 3.63) is 11.6 Å². The van der Waals surface area contributed by atoms with Gasteiger partial charge in [0.25, 0.3) is 0 Å². The van der Waals surface area contributed by atoms with E-state index in [4.69, 9.17) is 9.47 Å². The molecular weight excluding hydrogens is 220 g/mol. The van der Waals surface area contributed by atoms with Crippen LogP contribution in [0.4, 0.5) is 0 Å². The van der Waals surface area contributed by atoms with Crippen LogP contribution in [0.3, 0.4) is 0 Å². The Kier molecular flexibility index (Phi) is 3.50. The molecule has 1 saturated heterocycles. The van der Waals surface area contributed by atoms with Crippen LogP contribution in [0, 0.1) is 17.8 Å². The van der Waals surface area contributed by atoms with Gasteiger partial charge in [-0.15, -0.1) is 0 Å². The maximum absolute atomic E-state index is 11.8. The van der Waals surface area contributed by atoms with Gasteiger partial charge in [-0.3, -0.25) is 9.59 Å². The molecule has 0 aromatic carbocycles. The van der Waals surface area contributed by atoms with Crippen molar-refractivity contribution in [3.8, 4) is 0 Å². The standard InChI is InChI=1S/C13H18O4/c1-3-16-12(14)10-5-4-8(2)9-6-7-17-13(15)11(9)10/h4,9-11H,3,5-7H2,1-2H3/t9-,10-,11-/m0/s1. The molecule has 1 aliphatic carbocycles. The molecule has 17 heavy (non-hydrogen) atoms. The van der Waals surface area contributed by atoms with Crippen molar-refractivity contribution in [2.24, 2.45) is 17.8 Å². The van der Waals surface area contributed by atoms with E-state index in [2.05, 4.69) is 6.08 Å². The smallest absolute Gasteiger partial charge is 0.310 e. The molecule has 4 heteroatoms. The SMILES string of the molecule is CCOC(=O)[C@H]1CC=C(C)[C@@H]2CCOC(=O)[C@H]12. The largest absolute Gasteiger partial charge is 0.466 e. The first-order chi connectivity index (χ1) is 8.15. The predicted octanol–water partition coefficient (Wildman–Crippen LogP) is 1.70. The highest BCUT2D eigenvalue weighted by Gasteiger charge is 2.45. The van der Waals surface area contributed by atoms with Gasteiger partial charge in [-0.1, -0.05) is 11.6 Å². The summed E-state index contributed by atoms with van der Waals surface area (Å²) in [5.41, 5.74) is 1.20. The summed E-state index contributed by atoms with van der Waals surface area (Å²) >= 11 is 0. The lowest BCUT2D eigenvalue weighted by atomic mass is 9.70. The van der Waals surface area contributed by atoms with Crippen LogP contribution < -0.4 is 0 Å². The number of cyclic esters (lactones) is 1. The van der Waals surface area contributed by atoms with E-state index in [1.807, 2.05) is 6.92 Å². The molecule has 1 fully saturated rings. The van der Waals surface area contributed by atoms with Crippen LogP contribution in [0.5, 0.6) is 0 Å². The summed E-state index contributed by atoms with van der Waals surface area (Å²) < 4.78 is 10.1. The molecule has 0 aromatic heterocycles. The van der Waals surface area contributed by atoms with Crippen molar-refractivity contribution in [2.75, 3.05) is 13.2 Å². The first-order valence-corrected chi connectivity index (χ1v) is 6.15. The highest BCUT2D eigenvalue weighted by Crippen LogP contribution is 2.40. The van der Waals surface area contributed by atoms with Gasteiger partial charge in [-0.05, 0) is 32.6 Å². The Morgan fingerprint density at radius 1 is 1.59 bits per heavy atom. The van der Waals surface area contributed by atoms with Gasteiger partial charge in [0.2, 0.25) is 0 Å². The van der Waals surface area contributed by atoms with Crippen molar-refractivity contribution >= 4 is 11.9 Å². The summed E-state index contributed by atoms with van der Waals surface area (Å²) in [6.45, 7) is 4.61. The van der Waals surface area contributed by atoms with Crippen LogP contribution in [-0.2, 0) is 19.1 Å². The predicted molar refractivity (Wildman–Crippen MR) is 61.1 cm³/mol. The molecule has 94 valence electrons. The van der Waals surface area contributed by atoms with Crippen molar-refractivity contribution in [2.45, 2.75) is 26.7 Å². The zero-order valence-corrected chi connectivity index (χ0v) is 10.3. The van der Waals surface area contributed by atoms with Crippen LogP contribution in [0.1, 0.15) is 26.7 Å². The maximum Gasteiger partial charge on any atom is 0.310 e. The molecule has 3 atom stereocenters. The summed E-state index contributed by atoms with van der Waals surface area (Å²) in [6, 6.07) is 0. The number of carbonyl (C=O) groups excluding carboxylic acids is 2. The van der Waals surface area contributed by atoms with Crippen LogP contribution >= 0.6 is 0 Å². The molecule has 2 rings (SSSR count). The van der Waals surface area contributed by atoms with Gasteiger partial charge in [-0.25, -0.2) is 0 Å². The molecular formula is C13H18O4. The van der Waals surface area contributed by atoms with Crippen LogP contribution in [-0.4, -0.2) is 25.2 Å². The lowest BCUT2D eigenvalue weighted by molar-refractivity contribution is -0.167. The average Bonchev–Trinajstić information content (AvgIpc) is 2.31. The highest BCUT2D eigenvalue weighted by atomic mass is 16.5. The average molecular weight is 238 g/mol. The summed E-state index contributed by atoms with van der Waals surface area (Å²) in [5.74, 6) is -1.07. The highest BCUT2D eigenvalue weighted by molar-refractivity contribution is 5.83. The molecule has 0 amide bonds. The Hall–Kier alpha value is -1.32. The van der Waals surface area contributed by atoms with Crippen LogP contribution in [0.25, 0.3) is 0 Å². The summed E-state index contributed by atoms with van der Waals surface area (Å²) in [6.07, 6.45) is 3.46. The van der Waals surface area contributed by atoms with Gasteiger partial charge in [0.1, 0.15) is 0 Å². The van der Waals surface area contributed by atoms with Gasteiger partial charge >= 0.3 is 11.9 Å². The first kappa shape index (κ1) is 12.1. The van der Waals surface area contributed by atoms with E-state index in [1.54, 1.807) is 6.92 Å². The van der Waals surface area contributed by atoms with E-state index in [-0.39, 0.29) is 29.7 Å². The van der Waals surface area contributed by atoms with Crippen molar-refractivity contribution < 1.29 is 19.1 Å². The van der Waals surface area contributed by atoms with Gasteiger partial charge in [0, 0.05) is 0 Å². The third-order valence-electron chi connectivity index (χ3n) is 3.68. The lowest BCUT2D eigenvalue weighted by Gasteiger charge is -2.37. The van der Waals surface area contributed by atoms with E-state index >= 15 is 0 Å². The van der Waals surface area contributed by atoms with E-state index < -0.39 is 0 Å². The van der Waals surface area contributed by atoms with Gasteiger partial charge < -0.3 is 9.47 Å². The molecule has 4 nitrogen and oxygen atoms in total. The second-order valence-electron chi connectivity index (χ2n) is 4.63. The Morgan fingerprint density at radius 2 is 2.35 bits per heavy atom. The Balaban J connectivity index is 2.22. The minimum atomic E-state index is -0.364. The minimum absolute atomic E-state index is 0.152. The molecule has 1 aliphatic heterocycles. The molecule has 0 aromatic rings. The van der Waals surface area contributed by atoms with Crippen LogP contribution in [0.2, 0.25) is 0 Å². The second kappa shape index (κ2) is 4.90. The van der Waals surface area contributed by atoms with Crippen molar-refractivity contribution in [1.29, 1.82) is 0 Å². The zero-order valence-electron chi connectivity index (χ0n) is 10.3. The van der Waals surface area contributed by atoms with E-state index in [0.29, 0.717) is 19.6 Å². The second-order valence-corrected chi connectivity index (χ2v) is 4.63. The van der Waals surface area contributed by atoms with Gasteiger partial charge in [0.15, 0.2) is 0 Å². The third-order valence-corrected chi connectivity index (χ3v) is 3.68. The normalized spacial score (nSPS) is 32.2. The number of allylic oxidation sites excluding steroid dienone is 2. The fourth-order valence-electron chi connectivity index (χ4n) is 2.79. The fraction of sp³-hybridized carbons (Fsp3) is 0.692. The van der Waals surface area contributed by atoms with E-state index in [9.17, 15) is 9.59 Å². The van der Waals surface area contributed by atoms with Crippen LogP contribution in [0.15, 0.2) is 11.6 Å². The molecule has 2 aliphatic rings. The maximum atomic E-state index is 11.8. The van der Waals surface area contributed by atoms with Crippen molar-refractivity contribution in [1.82, 2.24) is 0 Å². The number of hydrogen-bond acceptors (Lipinski definition) is 4. The number of carbonyl (C=O) groups is 2. The molecule has 0 bridgehead atoms. The van der Waals surface area contributed by atoms with E-state index in [1.165, 1.54) is 5.57 Å². The number of fused-ring (bicyclic) bond motifs is 1. The molecule has 0 radical (unpaired) electrons. The number of rotatable bonds is 2. The summed E-state index contributed by atoms with van der Waals surface area (Å²) in [7, 11) is 0. The molecule has 0 N–H and O–H groups in total. The van der Waals surface area contributed by atoms with Crippen molar-refractivity contribution in [3.63, 3.8) is 0 Å².